The van der Waals surface area contributed by atoms with E-state index in [1.54, 1.807) is 0 Å². The molecule has 6 nitrogen and oxygen atoms in total. The summed E-state index contributed by atoms with van der Waals surface area (Å²) in [7, 11) is 0. The molecule has 0 fully saturated rings. The molecule has 0 saturated carbocycles. The fourth-order valence-corrected chi connectivity index (χ4v) is 3.35. The van der Waals surface area contributed by atoms with Crippen LogP contribution in [-0.4, -0.2) is 48.2 Å². The van der Waals surface area contributed by atoms with Crippen LogP contribution in [0.4, 0.5) is 0 Å². The molecular weight excluding hydrogens is 414 g/mol. The SMILES string of the molecule is CCCCCCOCCCCc1ccc(-c2ccc(OCCCCOCCCC)nn2)cn1. The van der Waals surface area contributed by atoms with Crippen LogP contribution >= 0.6 is 0 Å². The molecule has 0 spiro atoms. The van der Waals surface area contributed by atoms with Gasteiger partial charge in [0.1, 0.15) is 0 Å². The Labute approximate surface area is 200 Å². The number of unbranched alkanes of at least 4 members (excludes halogenated alkanes) is 6. The summed E-state index contributed by atoms with van der Waals surface area (Å²) in [6, 6.07) is 7.95. The number of aryl methyl sites for hydroxylation is 1. The lowest BCUT2D eigenvalue weighted by atomic mass is 10.1. The quantitative estimate of drug-likeness (QED) is 0.213. The normalized spacial score (nSPS) is 11.1. The third-order valence-electron chi connectivity index (χ3n) is 5.45. The second kappa shape index (κ2) is 18.4. The van der Waals surface area contributed by atoms with Crippen LogP contribution in [0, 0.1) is 0 Å². The number of pyridine rings is 1. The van der Waals surface area contributed by atoms with E-state index in [0.717, 1.165) is 81.9 Å². The van der Waals surface area contributed by atoms with Gasteiger partial charge in [-0.1, -0.05) is 39.5 Å². The Morgan fingerprint density at radius 3 is 2.00 bits per heavy atom. The summed E-state index contributed by atoms with van der Waals surface area (Å²) in [4.78, 5) is 4.59. The van der Waals surface area contributed by atoms with Crippen LogP contribution in [0.3, 0.4) is 0 Å². The molecule has 6 heteroatoms. The number of hydrogen-bond acceptors (Lipinski definition) is 6. The maximum atomic E-state index is 5.71. The smallest absolute Gasteiger partial charge is 0.233 e. The van der Waals surface area contributed by atoms with Gasteiger partial charge in [-0.05, 0) is 63.1 Å². The van der Waals surface area contributed by atoms with E-state index in [0.29, 0.717) is 12.5 Å². The second-order valence-electron chi connectivity index (χ2n) is 8.45. The first-order chi connectivity index (χ1) is 16.3. The van der Waals surface area contributed by atoms with Crippen LogP contribution in [0.5, 0.6) is 5.88 Å². The third-order valence-corrected chi connectivity index (χ3v) is 5.45. The predicted molar refractivity (Wildman–Crippen MR) is 134 cm³/mol. The molecule has 184 valence electrons. The Hall–Kier alpha value is -2.05. The number of aromatic nitrogens is 3. The van der Waals surface area contributed by atoms with Crippen LogP contribution in [0.1, 0.15) is 83.7 Å². The van der Waals surface area contributed by atoms with Gasteiger partial charge in [-0.15, -0.1) is 10.2 Å². The fraction of sp³-hybridized carbons (Fsp3) is 0.667. The van der Waals surface area contributed by atoms with E-state index in [4.69, 9.17) is 14.2 Å². The highest BCUT2D eigenvalue weighted by molar-refractivity contribution is 5.57. The largest absolute Gasteiger partial charge is 0.477 e. The second-order valence-corrected chi connectivity index (χ2v) is 8.45. The molecule has 2 aromatic rings. The van der Waals surface area contributed by atoms with Crippen molar-refractivity contribution in [2.45, 2.75) is 84.5 Å². The van der Waals surface area contributed by atoms with Gasteiger partial charge in [-0.25, -0.2) is 0 Å². The van der Waals surface area contributed by atoms with Gasteiger partial charge in [0.05, 0.1) is 12.3 Å². The third kappa shape index (κ3) is 12.7. The highest BCUT2D eigenvalue weighted by atomic mass is 16.5. The topological polar surface area (TPSA) is 66.4 Å². The van der Waals surface area contributed by atoms with E-state index in [1.165, 1.54) is 32.1 Å². The molecule has 0 aromatic carbocycles. The Morgan fingerprint density at radius 1 is 0.636 bits per heavy atom. The van der Waals surface area contributed by atoms with Crippen molar-refractivity contribution in [1.29, 1.82) is 0 Å². The average molecular weight is 458 g/mol. The first-order valence-electron chi connectivity index (χ1n) is 12.9. The zero-order valence-electron chi connectivity index (χ0n) is 20.8. The predicted octanol–water partition coefficient (Wildman–Crippen LogP) is 6.43. The molecule has 2 aromatic heterocycles. The van der Waals surface area contributed by atoms with Crippen molar-refractivity contribution in [2.75, 3.05) is 33.0 Å². The molecule has 0 aliphatic rings. The minimum atomic E-state index is 0.558. The lowest BCUT2D eigenvalue weighted by Gasteiger charge is -2.07. The van der Waals surface area contributed by atoms with Gasteiger partial charge in [0.15, 0.2) is 0 Å². The summed E-state index contributed by atoms with van der Waals surface area (Å²) < 4.78 is 16.9. The molecule has 0 aliphatic carbocycles. The molecular formula is C27H43N3O3. The van der Waals surface area contributed by atoms with Crippen LogP contribution in [0.25, 0.3) is 11.3 Å². The lowest BCUT2D eigenvalue weighted by Crippen LogP contribution is -2.03. The summed E-state index contributed by atoms with van der Waals surface area (Å²) >= 11 is 0. The van der Waals surface area contributed by atoms with E-state index >= 15 is 0 Å². The van der Waals surface area contributed by atoms with Crippen LogP contribution in [0.15, 0.2) is 30.5 Å². The van der Waals surface area contributed by atoms with Crippen molar-refractivity contribution in [3.8, 4) is 17.1 Å². The minimum Gasteiger partial charge on any atom is -0.477 e. The Morgan fingerprint density at radius 2 is 1.33 bits per heavy atom. The molecule has 0 N–H and O–H groups in total. The molecule has 0 atom stereocenters. The highest BCUT2D eigenvalue weighted by Gasteiger charge is 2.04. The molecule has 0 aliphatic heterocycles. The van der Waals surface area contributed by atoms with Crippen LogP contribution in [0.2, 0.25) is 0 Å². The lowest BCUT2D eigenvalue weighted by molar-refractivity contribution is 0.123. The Kier molecular flexibility index (Phi) is 15.2. The highest BCUT2D eigenvalue weighted by Crippen LogP contribution is 2.18. The first kappa shape index (κ1) is 27.2. The Balaban J connectivity index is 1.59. The minimum absolute atomic E-state index is 0.558. The average Bonchev–Trinajstić information content (AvgIpc) is 2.85. The molecule has 2 heterocycles. The molecule has 0 saturated heterocycles. The first-order valence-corrected chi connectivity index (χ1v) is 12.9. The van der Waals surface area contributed by atoms with E-state index < -0.39 is 0 Å². The Bertz CT molecular complexity index is 708. The number of nitrogens with zero attached hydrogens (tertiary/aromatic N) is 3. The van der Waals surface area contributed by atoms with Gasteiger partial charge >= 0.3 is 0 Å². The maximum absolute atomic E-state index is 5.71. The van der Waals surface area contributed by atoms with E-state index in [-0.39, 0.29) is 0 Å². The van der Waals surface area contributed by atoms with Gasteiger partial charge in [0.25, 0.3) is 0 Å². The van der Waals surface area contributed by atoms with Gasteiger partial charge in [-0.3, -0.25) is 4.98 Å². The summed E-state index contributed by atoms with van der Waals surface area (Å²) in [6.07, 6.45) is 14.3. The van der Waals surface area contributed by atoms with Gasteiger partial charge in [-0.2, -0.15) is 0 Å². The van der Waals surface area contributed by atoms with Crippen molar-refractivity contribution >= 4 is 0 Å². The number of ether oxygens (including phenoxy) is 3. The molecule has 33 heavy (non-hydrogen) atoms. The van der Waals surface area contributed by atoms with Gasteiger partial charge < -0.3 is 14.2 Å². The van der Waals surface area contributed by atoms with E-state index in [2.05, 4.69) is 41.2 Å². The molecule has 0 unspecified atom stereocenters. The number of hydrogen-bond donors (Lipinski definition) is 0. The van der Waals surface area contributed by atoms with Crippen molar-refractivity contribution in [3.63, 3.8) is 0 Å². The number of rotatable bonds is 20. The standard InChI is InChI=1S/C27H43N3O3/c1-3-5-7-9-19-32-20-10-8-13-25-15-14-24(23-28-25)26-16-17-27(30-29-26)33-22-12-11-21-31-18-6-4-2/h14-17,23H,3-13,18-22H2,1-2H3. The summed E-state index contributed by atoms with van der Waals surface area (Å²) in [6.45, 7) is 8.43. The van der Waals surface area contributed by atoms with Crippen LogP contribution in [-0.2, 0) is 15.9 Å². The maximum Gasteiger partial charge on any atom is 0.233 e. The van der Waals surface area contributed by atoms with Crippen molar-refractivity contribution < 1.29 is 14.2 Å². The summed E-state index contributed by atoms with van der Waals surface area (Å²) in [5.74, 6) is 0.558. The summed E-state index contributed by atoms with van der Waals surface area (Å²) in [5, 5.41) is 8.49. The van der Waals surface area contributed by atoms with Crippen molar-refractivity contribution in [3.05, 3.63) is 36.2 Å². The van der Waals surface area contributed by atoms with Gasteiger partial charge in [0, 0.05) is 49.9 Å². The zero-order valence-corrected chi connectivity index (χ0v) is 20.8. The monoisotopic (exact) mass is 457 g/mol. The van der Waals surface area contributed by atoms with Gasteiger partial charge in [0.2, 0.25) is 5.88 Å². The van der Waals surface area contributed by atoms with Crippen LogP contribution < -0.4 is 4.74 Å². The molecule has 2 rings (SSSR count). The van der Waals surface area contributed by atoms with E-state index in [1.807, 2.05) is 18.3 Å². The summed E-state index contributed by atoms with van der Waals surface area (Å²) in [5.41, 5.74) is 2.88. The fourth-order valence-electron chi connectivity index (χ4n) is 3.35. The molecule has 0 bridgehead atoms. The van der Waals surface area contributed by atoms with Crippen molar-refractivity contribution in [2.24, 2.45) is 0 Å². The zero-order chi connectivity index (χ0) is 23.4. The molecule has 0 radical (unpaired) electrons. The molecule has 0 amide bonds. The van der Waals surface area contributed by atoms with Crippen molar-refractivity contribution in [1.82, 2.24) is 15.2 Å². The van der Waals surface area contributed by atoms with E-state index in [9.17, 15) is 0 Å².